The zero-order valence-corrected chi connectivity index (χ0v) is 11.9. The van der Waals surface area contributed by atoms with Crippen molar-refractivity contribution in [2.75, 3.05) is 31.6 Å². The number of para-hydroxylation sites is 1. The Morgan fingerprint density at radius 2 is 2.43 bits per heavy atom. The molecule has 1 atom stereocenters. The Morgan fingerprint density at radius 3 is 3.14 bits per heavy atom. The number of anilines is 1. The van der Waals surface area contributed by atoms with Crippen molar-refractivity contribution in [1.29, 1.82) is 5.26 Å². The van der Waals surface area contributed by atoms with Gasteiger partial charge in [-0.15, -0.1) is 0 Å². The second-order valence-corrected chi connectivity index (χ2v) is 4.83. The molecule has 1 saturated heterocycles. The number of halogens is 1. The summed E-state index contributed by atoms with van der Waals surface area (Å²) < 4.78 is 19.2. The van der Waals surface area contributed by atoms with Gasteiger partial charge in [0.15, 0.2) is 6.10 Å². The lowest BCUT2D eigenvalue weighted by Gasteiger charge is -2.30. The fourth-order valence-electron chi connectivity index (χ4n) is 2.21. The standard InChI is InChI=1S/C15H18FN3O2/c1-2-6-18-14-12(4-3-5-13(14)16)15(20)19-7-8-21-11(9-17)10-19/h3-5,11,18H,2,6-8,10H2,1H3. The third-order valence-corrected chi connectivity index (χ3v) is 3.29. The number of rotatable bonds is 4. The van der Waals surface area contributed by atoms with Crippen molar-refractivity contribution < 1.29 is 13.9 Å². The topological polar surface area (TPSA) is 65.4 Å². The van der Waals surface area contributed by atoms with E-state index in [4.69, 9.17) is 10.00 Å². The van der Waals surface area contributed by atoms with Crippen LogP contribution in [0, 0.1) is 17.1 Å². The van der Waals surface area contributed by atoms with E-state index < -0.39 is 11.9 Å². The number of hydrogen-bond acceptors (Lipinski definition) is 4. The van der Waals surface area contributed by atoms with Crippen LogP contribution < -0.4 is 5.32 Å². The molecule has 0 saturated carbocycles. The van der Waals surface area contributed by atoms with Gasteiger partial charge in [-0.2, -0.15) is 5.26 Å². The van der Waals surface area contributed by atoms with E-state index in [9.17, 15) is 9.18 Å². The van der Waals surface area contributed by atoms with E-state index in [-0.39, 0.29) is 18.1 Å². The average molecular weight is 291 g/mol. The summed E-state index contributed by atoms with van der Waals surface area (Å²) in [5.74, 6) is -0.726. The van der Waals surface area contributed by atoms with Crippen molar-refractivity contribution in [3.63, 3.8) is 0 Å². The van der Waals surface area contributed by atoms with Crippen LogP contribution in [0.5, 0.6) is 0 Å². The highest BCUT2D eigenvalue weighted by Crippen LogP contribution is 2.22. The third kappa shape index (κ3) is 3.50. The van der Waals surface area contributed by atoms with Crippen LogP contribution in [0.1, 0.15) is 23.7 Å². The molecule has 1 heterocycles. The van der Waals surface area contributed by atoms with E-state index in [0.29, 0.717) is 25.3 Å². The van der Waals surface area contributed by atoms with Crippen molar-refractivity contribution in [1.82, 2.24) is 4.90 Å². The Hall–Kier alpha value is -2.13. The summed E-state index contributed by atoms with van der Waals surface area (Å²) in [5.41, 5.74) is 0.520. The number of carbonyl (C=O) groups is 1. The van der Waals surface area contributed by atoms with Crippen molar-refractivity contribution in [2.45, 2.75) is 19.4 Å². The Bertz CT molecular complexity index is 556. The molecule has 0 aliphatic carbocycles. The van der Waals surface area contributed by atoms with Crippen molar-refractivity contribution in [3.05, 3.63) is 29.6 Å². The molecule has 5 nitrogen and oxygen atoms in total. The summed E-state index contributed by atoms with van der Waals surface area (Å²) in [6, 6.07) is 6.43. The van der Waals surface area contributed by atoms with Crippen LogP contribution in [0.4, 0.5) is 10.1 Å². The lowest BCUT2D eigenvalue weighted by atomic mass is 10.1. The second-order valence-electron chi connectivity index (χ2n) is 4.83. The number of nitriles is 1. The minimum absolute atomic E-state index is 0.207. The fourth-order valence-corrected chi connectivity index (χ4v) is 2.21. The van der Waals surface area contributed by atoms with Gasteiger partial charge in [0, 0.05) is 13.1 Å². The van der Waals surface area contributed by atoms with Crippen molar-refractivity contribution in [3.8, 4) is 6.07 Å². The van der Waals surface area contributed by atoms with Gasteiger partial charge in [-0.3, -0.25) is 4.79 Å². The highest BCUT2D eigenvalue weighted by atomic mass is 19.1. The lowest BCUT2D eigenvalue weighted by Crippen LogP contribution is -2.45. The van der Waals surface area contributed by atoms with E-state index in [0.717, 1.165) is 6.42 Å². The molecule has 0 radical (unpaired) electrons. The van der Waals surface area contributed by atoms with Crippen molar-refractivity contribution in [2.24, 2.45) is 0 Å². The molecule has 1 aromatic rings. The van der Waals surface area contributed by atoms with Crippen LogP contribution in [-0.2, 0) is 4.74 Å². The maximum atomic E-state index is 13.9. The van der Waals surface area contributed by atoms with Crippen LogP contribution in [0.15, 0.2) is 18.2 Å². The summed E-state index contributed by atoms with van der Waals surface area (Å²) in [6.45, 7) is 3.48. The van der Waals surface area contributed by atoms with Crippen LogP contribution in [0.3, 0.4) is 0 Å². The monoisotopic (exact) mass is 291 g/mol. The largest absolute Gasteiger partial charge is 0.382 e. The van der Waals surface area contributed by atoms with Gasteiger partial charge >= 0.3 is 0 Å². The fraction of sp³-hybridized carbons (Fsp3) is 0.467. The Labute approximate surface area is 123 Å². The molecule has 1 unspecified atom stereocenters. The summed E-state index contributed by atoms with van der Waals surface area (Å²) in [4.78, 5) is 14.1. The normalized spacial score (nSPS) is 18.1. The van der Waals surface area contributed by atoms with E-state index in [1.807, 2.05) is 13.0 Å². The molecule has 0 spiro atoms. The average Bonchev–Trinajstić information content (AvgIpc) is 2.53. The molecule has 1 aliphatic rings. The van der Waals surface area contributed by atoms with E-state index in [1.165, 1.54) is 17.0 Å². The number of nitrogens with zero attached hydrogens (tertiary/aromatic N) is 2. The maximum absolute atomic E-state index is 13.9. The van der Waals surface area contributed by atoms with E-state index >= 15 is 0 Å². The molecule has 1 aliphatic heterocycles. The lowest BCUT2D eigenvalue weighted by molar-refractivity contribution is 0.00349. The number of hydrogen-bond donors (Lipinski definition) is 1. The van der Waals surface area contributed by atoms with Gasteiger partial charge in [-0.05, 0) is 18.6 Å². The summed E-state index contributed by atoms with van der Waals surface area (Å²) in [5, 5.41) is 11.8. The summed E-state index contributed by atoms with van der Waals surface area (Å²) in [6.07, 6.45) is 0.207. The molecule has 6 heteroatoms. The number of nitrogens with one attached hydrogen (secondary N) is 1. The minimum Gasteiger partial charge on any atom is -0.382 e. The van der Waals surface area contributed by atoms with Gasteiger partial charge in [0.05, 0.1) is 30.5 Å². The molecular formula is C15H18FN3O2. The van der Waals surface area contributed by atoms with Gasteiger partial charge in [0.25, 0.3) is 5.91 Å². The molecule has 0 bridgehead atoms. The zero-order valence-electron chi connectivity index (χ0n) is 11.9. The summed E-state index contributed by atoms with van der Waals surface area (Å²) >= 11 is 0. The first-order chi connectivity index (χ1) is 10.2. The van der Waals surface area contributed by atoms with Crippen molar-refractivity contribution >= 4 is 11.6 Å². The molecule has 2 rings (SSSR count). The number of amides is 1. The predicted octanol–water partition coefficient (Wildman–Crippen LogP) is 2.01. The molecule has 0 aromatic heterocycles. The Kier molecular flexibility index (Phi) is 5.12. The van der Waals surface area contributed by atoms with E-state index in [2.05, 4.69) is 5.32 Å². The molecule has 1 N–H and O–H groups in total. The molecular weight excluding hydrogens is 273 g/mol. The Morgan fingerprint density at radius 1 is 1.62 bits per heavy atom. The highest BCUT2D eigenvalue weighted by molar-refractivity contribution is 5.99. The quantitative estimate of drug-likeness (QED) is 0.921. The Balaban J connectivity index is 2.22. The van der Waals surface area contributed by atoms with Crippen LogP contribution in [0.25, 0.3) is 0 Å². The molecule has 1 amide bonds. The number of benzene rings is 1. The predicted molar refractivity (Wildman–Crippen MR) is 76.4 cm³/mol. The summed E-state index contributed by atoms with van der Waals surface area (Å²) in [7, 11) is 0. The van der Waals surface area contributed by atoms with Gasteiger partial charge < -0.3 is 15.0 Å². The third-order valence-electron chi connectivity index (χ3n) is 3.29. The van der Waals surface area contributed by atoms with Gasteiger partial charge in [0.1, 0.15) is 5.82 Å². The maximum Gasteiger partial charge on any atom is 0.256 e. The van der Waals surface area contributed by atoms with E-state index in [1.54, 1.807) is 6.07 Å². The number of ether oxygens (including phenoxy) is 1. The SMILES string of the molecule is CCCNc1c(F)cccc1C(=O)N1CCOC(C#N)C1. The first-order valence-corrected chi connectivity index (χ1v) is 7.00. The number of carbonyl (C=O) groups excluding carboxylic acids is 1. The highest BCUT2D eigenvalue weighted by Gasteiger charge is 2.26. The molecule has 1 fully saturated rings. The van der Waals surface area contributed by atoms with Crippen LogP contribution in [-0.4, -0.2) is 43.2 Å². The first-order valence-electron chi connectivity index (χ1n) is 7.00. The number of morpholine rings is 1. The van der Waals surface area contributed by atoms with Crippen LogP contribution >= 0.6 is 0 Å². The van der Waals surface area contributed by atoms with Crippen LogP contribution in [0.2, 0.25) is 0 Å². The van der Waals surface area contributed by atoms with Gasteiger partial charge in [-0.25, -0.2) is 4.39 Å². The van der Waals surface area contributed by atoms with Gasteiger partial charge in [0.2, 0.25) is 0 Å². The zero-order chi connectivity index (χ0) is 15.2. The smallest absolute Gasteiger partial charge is 0.256 e. The molecule has 21 heavy (non-hydrogen) atoms. The minimum atomic E-state index is -0.622. The van der Waals surface area contributed by atoms with Gasteiger partial charge in [-0.1, -0.05) is 13.0 Å². The molecule has 112 valence electrons. The molecule has 1 aromatic carbocycles. The first kappa shape index (κ1) is 15.3. The second kappa shape index (κ2) is 7.04.